The number of hydrogen-bond acceptors (Lipinski definition) is 3. The Labute approximate surface area is 141 Å². The number of carboxylic acid groups (broad SMARTS) is 1. The lowest BCUT2D eigenvalue weighted by molar-refractivity contribution is -0.145. The van der Waals surface area contributed by atoms with E-state index in [1.54, 1.807) is 13.0 Å². The third kappa shape index (κ3) is 5.22. The van der Waals surface area contributed by atoms with Gasteiger partial charge in [-0.25, -0.2) is 4.79 Å². The number of carbonyl (C=O) groups excluding carboxylic acids is 1. The molecule has 0 aliphatic carbocycles. The largest absolute Gasteiger partial charge is 0.480 e. The highest BCUT2D eigenvalue weighted by molar-refractivity contribution is 6.30. The molecule has 1 aliphatic heterocycles. The van der Waals surface area contributed by atoms with E-state index in [-0.39, 0.29) is 17.7 Å². The van der Waals surface area contributed by atoms with Gasteiger partial charge in [-0.05, 0) is 37.0 Å². The minimum atomic E-state index is -1.01. The molecule has 1 aromatic rings. The maximum Gasteiger partial charge on any atom is 0.326 e. The van der Waals surface area contributed by atoms with Crippen LogP contribution in [0.4, 0.5) is 0 Å². The molecule has 0 saturated carbocycles. The standard InChI is InChI=1S/C17H22ClNO4/c1-11(8-12-4-2-6-14(18)9-12)16(20)19-15(17(21)22)13-5-3-7-23-10-13/h2,4,6,9,11,13,15H,3,5,7-8,10H2,1H3,(H,19,20)(H,21,22). The number of rotatable bonds is 6. The van der Waals surface area contributed by atoms with E-state index in [1.807, 2.05) is 18.2 Å². The lowest BCUT2D eigenvalue weighted by Gasteiger charge is -2.28. The second kappa shape index (κ2) is 8.31. The van der Waals surface area contributed by atoms with Gasteiger partial charge in [0.1, 0.15) is 6.04 Å². The van der Waals surface area contributed by atoms with Gasteiger partial charge in [-0.2, -0.15) is 0 Å². The van der Waals surface area contributed by atoms with Crippen molar-refractivity contribution in [3.63, 3.8) is 0 Å². The van der Waals surface area contributed by atoms with Crippen LogP contribution in [-0.4, -0.2) is 36.2 Å². The SMILES string of the molecule is CC(Cc1cccc(Cl)c1)C(=O)NC(C(=O)O)C1CCCOC1. The number of carbonyl (C=O) groups is 2. The Morgan fingerprint density at radius 2 is 2.26 bits per heavy atom. The van der Waals surface area contributed by atoms with Crippen molar-refractivity contribution < 1.29 is 19.4 Å². The highest BCUT2D eigenvalue weighted by atomic mass is 35.5. The topological polar surface area (TPSA) is 75.6 Å². The lowest BCUT2D eigenvalue weighted by atomic mass is 9.92. The van der Waals surface area contributed by atoms with E-state index >= 15 is 0 Å². The molecular formula is C17H22ClNO4. The molecule has 0 spiro atoms. The van der Waals surface area contributed by atoms with Crippen LogP contribution in [0.5, 0.6) is 0 Å². The van der Waals surface area contributed by atoms with Gasteiger partial charge < -0.3 is 15.2 Å². The molecule has 2 rings (SSSR count). The lowest BCUT2D eigenvalue weighted by Crippen LogP contribution is -2.50. The Kier molecular flexibility index (Phi) is 6.42. The molecule has 1 saturated heterocycles. The van der Waals surface area contributed by atoms with E-state index < -0.39 is 12.0 Å². The number of amides is 1. The summed E-state index contributed by atoms with van der Waals surface area (Å²) in [4.78, 5) is 23.8. The summed E-state index contributed by atoms with van der Waals surface area (Å²) in [6.07, 6.45) is 2.09. The number of ether oxygens (including phenoxy) is 1. The molecule has 23 heavy (non-hydrogen) atoms. The van der Waals surface area contributed by atoms with Crippen LogP contribution in [0.1, 0.15) is 25.3 Å². The zero-order valence-corrected chi connectivity index (χ0v) is 13.9. The highest BCUT2D eigenvalue weighted by Crippen LogP contribution is 2.19. The third-order valence-electron chi connectivity index (χ3n) is 4.11. The molecule has 2 N–H and O–H groups in total. The molecule has 0 aromatic heterocycles. The first kappa shape index (κ1) is 17.8. The predicted molar refractivity (Wildman–Crippen MR) is 87.4 cm³/mol. The fourth-order valence-corrected chi connectivity index (χ4v) is 3.03. The van der Waals surface area contributed by atoms with E-state index in [0.717, 1.165) is 18.4 Å². The van der Waals surface area contributed by atoms with Crippen LogP contribution in [0.25, 0.3) is 0 Å². The van der Waals surface area contributed by atoms with Crippen molar-refractivity contribution >= 4 is 23.5 Å². The number of benzene rings is 1. The predicted octanol–water partition coefficient (Wildman–Crippen LogP) is 2.51. The van der Waals surface area contributed by atoms with Crippen LogP contribution in [0.3, 0.4) is 0 Å². The van der Waals surface area contributed by atoms with Crippen molar-refractivity contribution in [2.75, 3.05) is 13.2 Å². The number of nitrogens with one attached hydrogen (secondary N) is 1. The summed E-state index contributed by atoms with van der Waals surface area (Å²) in [5, 5.41) is 12.7. The molecular weight excluding hydrogens is 318 g/mol. The van der Waals surface area contributed by atoms with E-state index in [4.69, 9.17) is 16.3 Å². The third-order valence-corrected chi connectivity index (χ3v) is 4.34. The molecule has 1 fully saturated rings. The summed E-state index contributed by atoms with van der Waals surface area (Å²) in [6.45, 7) is 2.81. The Bertz CT molecular complexity index is 557. The van der Waals surface area contributed by atoms with E-state index in [0.29, 0.717) is 24.7 Å². The number of halogens is 1. The van der Waals surface area contributed by atoms with Gasteiger partial charge in [0.15, 0.2) is 0 Å². The molecule has 5 nitrogen and oxygen atoms in total. The van der Waals surface area contributed by atoms with Crippen LogP contribution in [-0.2, 0) is 20.7 Å². The minimum absolute atomic E-state index is 0.177. The first-order valence-electron chi connectivity index (χ1n) is 7.82. The zero-order valence-electron chi connectivity index (χ0n) is 13.1. The Morgan fingerprint density at radius 1 is 1.48 bits per heavy atom. The van der Waals surface area contributed by atoms with Gasteiger partial charge >= 0.3 is 5.97 Å². The molecule has 0 bridgehead atoms. The molecule has 3 atom stereocenters. The number of hydrogen-bond donors (Lipinski definition) is 2. The van der Waals surface area contributed by atoms with Gasteiger partial charge in [0.2, 0.25) is 5.91 Å². The van der Waals surface area contributed by atoms with Crippen LogP contribution in [0.2, 0.25) is 5.02 Å². The average molecular weight is 340 g/mol. The second-order valence-corrected chi connectivity index (χ2v) is 6.47. The van der Waals surface area contributed by atoms with E-state index in [9.17, 15) is 14.7 Å². The highest BCUT2D eigenvalue weighted by Gasteiger charge is 2.32. The van der Waals surface area contributed by atoms with E-state index in [2.05, 4.69) is 5.32 Å². The zero-order chi connectivity index (χ0) is 16.8. The van der Waals surface area contributed by atoms with Crippen molar-refractivity contribution in [2.24, 2.45) is 11.8 Å². The van der Waals surface area contributed by atoms with Crippen LogP contribution >= 0.6 is 11.6 Å². The Balaban J connectivity index is 1.96. The Hall–Kier alpha value is -1.59. The summed E-state index contributed by atoms with van der Waals surface area (Å²) in [5.74, 6) is -1.78. The molecule has 6 heteroatoms. The summed E-state index contributed by atoms with van der Waals surface area (Å²) in [6, 6.07) is 6.43. The summed E-state index contributed by atoms with van der Waals surface area (Å²) in [5.41, 5.74) is 0.952. The molecule has 126 valence electrons. The van der Waals surface area contributed by atoms with Crippen molar-refractivity contribution in [2.45, 2.75) is 32.2 Å². The average Bonchev–Trinajstić information content (AvgIpc) is 2.52. The smallest absolute Gasteiger partial charge is 0.326 e. The van der Waals surface area contributed by atoms with Gasteiger partial charge in [0, 0.05) is 23.5 Å². The monoisotopic (exact) mass is 339 g/mol. The quantitative estimate of drug-likeness (QED) is 0.835. The van der Waals surface area contributed by atoms with Gasteiger partial charge in [-0.1, -0.05) is 30.7 Å². The molecule has 1 aliphatic rings. The fourth-order valence-electron chi connectivity index (χ4n) is 2.82. The first-order chi connectivity index (χ1) is 11.0. The second-order valence-electron chi connectivity index (χ2n) is 6.04. The summed E-state index contributed by atoms with van der Waals surface area (Å²) in [7, 11) is 0. The maximum atomic E-state index is 12.3. The van der Waals surface area contributed by atoms with Gasteiger partial charge in [0.05, 0.1) is 6.61 Å². The van der Waals surface area contributed by atoms with Crippen molar-refractivity contribution in [3.8, 4) is 0 Å². The summed E-state index contributed by atoms with van der Waals surface area (Å²) >= 11 is 5.94. The normalized spacial score (nSPS) is 20.5. The van der Waals surface area contributed by atoms with Crippen LogP contribution in [0, 0.1) is 11.8 Å². The first-order valence-corrected chi connectivity index (χ1v) is 8.20. The van der Waals surface area contributed by atoms with Gasteiger partial charge in [-0.3, -0.25) is 4.79 Å². The minimum Gasteiger partial charge on any atom is -0.480 e. The van der Waals surface area contributed by atoms with Crippen molar-refractivity contribution in [1.82, 2.24) is 5.32 Å². The van der Waals surface area contributed by atoms with E-state index in [1.165, 1.54) is 0 Å². The van der Waals surface area contributed by atoms with Crippen molar-refractivity contribution in [1.29, 1.82) is 0 Å². The maximum absolute atomic E-state index is 12.3. The fraction of sp³-hybridized carbons (Fsp3) is 0.529. The molecule has 3 unspecified atom stereocenters. The molecule has 1 heterocycles. The van der Waals surface area contributed by atoms with Crippen LogP contribution in [0.15, 0.2) is 24.3 Å². The van der Waals surface area contributed by atoms with Gasteiger partial charge in [0.25, 0.3) is 0 Å². The number of carboxylic acids is 1. The molecule has 1 aromatic carbocycles. The Morgan fingerprint density at radius 3 is 2.87 bits per heavy atom. The molecule has 0 radical (unpaired) electrons. The van der Waals surface area contributed by atoms with Crippen LogP contribution < -0.4 is 5.32 Å². The molecule has 1 amide bonds. The van der Waals surface area contributed by atoms with Crippen molar-refractivity contribution in [3.05, 3.63) is 34.9 Å². The number of aliphatic carboxylic acids is 1. The summed E-state index contributed by atoms with van der Waals surface area (Å²) < 4.78 is 5.33. The van der Waals surface area contributed by atoms with Gasteiger partial charge in [-0.15, -0.1) is 0 Å².